The monoisotopic (exact) mass is 551 g/mol. The van der Waals surface area contributed by atoms with Crippen LogP contribution in [0.2, 0.25) is 0 Å². The van der Waals surface area contributed by atoms with E-state index in [1.165, 1.54) is 5.56 Å². The Morgan fingerprint density at radius 1 is 0.825 bits per heavy atom. The van der Waals surface area contributed by atoms with Crippen molar-refractivity contribution in [1.29, 1.82) is 0 Å². The normalized spacial score (nSPS) is 17.9. The van der Waals surface area contributed by atoms with E-state index in [2.05, 4.69) is 39.1 Å². The number of carboxylic acids is 1. The summed E-state index contributed by atoms with van der Waals surface area (Å²) in [6.45, 7) is 12.2. The quantitative estimate of drug-likeness (QED) is 0.410. The lowest BCUT2D eigenvalue weighted by molar-refractivity contribution is -0.138. The highest BCUT2D eigenvalue weighted by molar-refractivity contribution is 5.94. The Morgan fingerprint density at radius 2 is 1.40 bits per heavy atom. The van der Waals surface area contributed by atoms with Crippen LogP contribution in [0, 0.1) is 0 Å². The third kappa shape index (κ3) is 11.2. The summed E-state index contributed by atoms with van der Waals surface area (Å²) in [5.41, 5.74) is 2.95. The van der Waals surface area contributed by atoms with Gasteiger partial charge < -0.3 is 20.1 Å². The maximum atomic E-state index is 12.8. The second kappa shape index (κ2) is 16.9. The highest BCUT2D eigenvalue weighted by Gasteiger charge is 2.18. The summed E-state index contributed by atoms with van der Waals surface area (Å²) in [7, 11) is 0. The van der Waals surface area contributed by atoms with Gasteiger partial charge >= 0.3 is 5.97 Å². The number of benzene rings is 2. The van der Waals surface area contributed by atoms with Crippen LogP contribution in [0.3, 0.4) is 0 Å². The molecule has 0 aliphatic carbocycles. The summed E-state index contributed by atoms with van der Waals surface area (Å²) in [5, 5.41) is 12.5. The minimum Gasteiger partial charge on any atom is -0.480 e. The maximum absolute atomic E-state index is 12.8. The predicted octanol–water partition coefficient (Wildman–Crippen LogP) is 2.07. The van der Waals surface area contributed by atoms with Gasteiger partial charge in [-0.05, 0) is 43.1 Å². The van der Waals surface area contributed by atoms with E-state index in [-0.39, 0.29) is 18.5 Å². The van der Waals surface area contributed by atoms with Crippen LogP contribution in [-0.4, -0.2) is 121 Å². The van der Waals surface area contributed by atoms with Crippen molar-refractivity contribution >= 4 is 18.2 Å². The van der Waals surface area contributed by atoms with Gasteiger partial charge in [-0.25, -0.2) is 0 Å². The number of nitrogens with zero attached hydrogens (tertiary/aromatic N) is 4. The second-order valence-corrected chi connectivity index (χ2v) is 10.6. The molecule has 1 fully saturated rings. The van der Waals surface area contributed by atoms with E-state index >= 15 is 0 Å². The summed E-state index contributed by atoms with van der Waals surface area (Å²) >= 11 is 0. The van der Waals surface area contributed by atoms with E-state index in [4.69, 9.17) is 0 Å². The van der Waals surface area contributed by atoms with E-state index in [0.717, 1.165) is 64.1 Å². The van der Waals surface area contributed by atoms with Crippen LogP contribution in [0.1, 0.15) is 35.3 Å². The molecule has 1 heterocycles. The first kappa shape index (κ1) is 31.4. The third-order valence-corrected chi connectivity index (χ3v) is 7.45. The number of likely N-dealkylation sites (N-methyl/N-ethyl adjacent to an activating group) is 1. The van der Waals surface area contributed by atoms with Gasteiger partial charge in [-0.2, -0.15) is 0 Å². The molecular formula is C31H45N5O4. The number of hydrogen-bond donors (Lipinski definition) is 2. The number of carbonyl (C=O) groups is 3. The van der Waals surface area contributed by atoms with Crippen LogP contribution in [0.4, 0.5) is 0 Å². The highest BCUT2D eigenvalue weighted by atomic mass is 16.4. The lowest BCUT2D eigenvalue weighted by atomic mass is 10.1. The molecule has 0 radical (unpaired) electrons. The molecule has 0 spiro atoms. The van der Waals surface area contributed by atoms with Gasteiger partial charge in [0.05, 0.1) is 13.1 Å². The Bertz CT molecular complexity index is 1050. The zero-order chi connectivity index (χ0) is 28.7. The number of amides is 1. The molecule has 0 bridgehead atoms. The third-order valence-electron chi connectivity index (χ3n) is 7.45. The zero-order valence-electron chi connectivity index (χ0n) is 24.0. The molecule has 2 aromatic rings. The van der Waals surface area contributed by atoms with Crippen molar-refractivity contribution in [3.63, 3.8) is 0 Å². The lowest BCUT2D eigenvalue weighted by Gasteiger charge is -2.33. The van der Waals surface area contributed by atoms with E-state index in [0.29, 0.717) is 31.7 Å². The molecule has 3 rings (SSSR count). The number of nitrogens with one attached hydrogen (secondary N) is 1. The fraction of sp³-hybridized carbons (Fsp3) is 0.516. The first-order valence-corrected chi connectivity index (χ1v) is 14.3. The van der Waals surface area contributed by atoms with Gasteiger partial charge in [-0.1, -0.05) is 49.4 Å². The standard InChI is InChI=1S/C31H45N5O4/c1-3-33-13-15-34(21-22-37)16-18-36(25-30(38)39)20-19-35(17-14-33)24-28-9-11-29(12-10-28)31(40)32-26(2)23-27-7-5-4-6-8-27/h4-12,22,26H,3,13-21,23-25H2,1-2H3,(H,32,40)(H,38,39). The van der Waals surface area contributed by atoms with E-state index in [9.17, 15) is 19.5 Å². The fourth-order valence-electron chi connectivity index (χ4n) is 5.04. The van der Waals surface area contributed by atoms with Gasteiger partial charge in [0.2, 0.25) is 0 Å². The molecule has 1 aliphatic heterocycles. The van der Waals surface area contributed by atoms with E-state index < -0.39 is 5.97 Å². The topological polar surface area (TPSA) is 96.4 Å². The molecule has 9 nitrogen and oxygen atoms in total. The van der Waals surface area contributed by atoms with Crippen LogP contribution < -0.4 is 5.32 Å². The van der Waals surface area contributed by atoms with Gasteiger partial charge in [-0.3, -0.25) is 24.3 Å². The van der Waals surface area contributed by atoms with Crippen molar-refractivity contribution in [2.24, 2.45) is 0 Å². The van der Waals surface area contributed by atoms with Crippen molar-refractivity contribution in [2.75, 3.05) is 72.0 Å². The molecule has 0 aromatic heterocycles. The molecule has 1 amide bonds. The van der Waals surface area contributed by atoms with Crippen molar-refractivity contribution in [1.82, 2.24) is 24.9 Å². The summed E-state index contributed by atoms with van der Waals surface area (Å²) in [6.07, 6.45) is 1.70. The Hall–Kier alpha value is -3.11. The maximum Gasteiger partial charge on any atom is 0.317 e. The number of carboxylic acid groups (broad SMARTS) is 1. The van der Waals surface area contributed by atoms with Crippen molar-refractivity contribution in [3.05, 3.63) is 71.3 Å². The second-order valence-electron chi connectivity index (χ2n) is 10.6. The Balaban J connectivity index is 1.61. The molecule has 9 heteroatoms. The molecule has 1 saturated heterocycles. The van der Waals surface area contributed by atoms with Crippen molar-refractivity contribution in [2.45, 2.75) is 32.9 Å². The van der Waals surface area contributed by atoms with Crippen LogP contribution in [0.25, 0.3) is 0 Å². The first-order valence-electron chi connectivity index (χ1n) is 14.3. The van der Waals surface area contributed by atoms with E-state index in [1.54, 1.807) is 0 Å². The first-order chi connectivity index (χ1) is 19.4. The fourth-order valence-corrected chi connectivity index (χ4v) is 5.04. The lowest BCUT2D eigenvalue weighted by Crippen LogP contribution is -2.47. The van der Waals surface area contributed by atoms with Gasteiger partial charge in [0.15, 0.2) is 0 Å². The number of aldehydes is 1. The molecule has 0 saturated carbocycles. The van der Waals surface area contributed by atoms with E-state index in [1.807, 2.05) is 54.3 Å². The largest absolute Gasteiger partial charge is 0.480 e. The summed E-state index contributed by atoms with van der Waals surface area (Å²) in [5.74, 6) is -0.919. The molecule has 218 valence electrons. The Morgan fingerprint density at radius 3 is 1.98 bits per heavy atom. The average Bonchev–Trinajstić information content (AvgIpc) is 2.93. The van der Waals surface area contributed by atoms with Gasteiger partial charge in [0.1, 0.15) is 6.29 Å². The molecule has 1 unspecified atom stereocenters. The van der Waals surface area contributed by atoms with Crippen LogP contribution >= 0.6 is 0 Å². The molecule has 1 atom stereocenters. The predicted molar refractivity (Wildman–Crippen MR) is 157 cm³/mol. The summed E-state index contributed by atoms with van der Waals surface area (Å²) < 4.78 is 0. The minimum absolute atomic E-state index is 0.0175. The number of hydrogen-bond acceptors (Lipinski definition) is 7. The van der Waals surface area contributed by atoms with Crippen molar-refractivity contribution < 1.29 is 19.5 Å². The minimum atomic E-state index is -0.843. The molecule has 40 heavy (non-hydrogen) atoms. The van der Waals surface area contributed by atoms with Gasteiger partial charge in [-0.15, -0.1) is 0 Å². The molecule has 2 aromatic carbocycles. The number of rotatable bonds is 11. The number of aliphatic carboxylic acids is 1. The smallest absolute Gasteiger partial charge is 0.317 e. The Labute approximate surface area is 238 Å². The summed E-state index contributed by atoms with van der Waals surface area (Å²) in [4.78, 5) is 44.3. The molecule has 1 aliphatic rings. The Kier molecular flexibility index (Phi) is 13.3. The molecule has 2 N–H and O–H groups in total. The zero-order valence-corrected chi connectivity index (χ0v) is 24.0. The molecular weight excluding hydrogens is 506 g/mol. The van der Waals surface area contributed by atoms with Gasteiger partial charge in [0.25, 0.3) is 5.91 Å². The van der Waals surface area contributed by atoms with Crippen LogP contribution in [0.5, 0.6) is 0 Å². The highest BCUT2D eigenvalue weighted by Crippen LogP contribution is 2.10. The number of carbonyl (C=O) groups excluding carboxylic acids is 2. The van der Waals surface area contributed by atoms with Crippen LogP contribution in [0.15, 0.2) is 54.6 Å². The summed E-state index contributed by atoms with van der Waals surface area (Å²) in [6, 6.07) is 18.0. The van der Waals surface area contributed by atoms with Crippen LogP contribution in [-0.2, 0) is 22.6 Å². The SMILES string of the molecule is CCN1CCN(CC=O)CCN(CC(=O)O)CCN(Cc2ccc(C(=O)NC(C)Cc3ccccc3)cc2)CC1. The average molecular weight is 552 g/mol. The van der Waals surface area contributed by atoms with Crippen molar-refractivity contribution in [3.8, 4) is 0 Å². The van der Waals surface area contributed by atoms with Gasteiger partial charge in [0, 0.05) is 70.5 Å².